The van der Waals surface area contributed by atoms with Crippen LogP contribution in [-0.4, -0.2) is 19.0 Å². The Kier molecular flexibility index (Phi) is 4.13. The van der Waals surface area contributed by atoms with Gasteiger partial charge in [-0.2, -0.15) is 0 Å². The highest BCUT2D eigenvalue weighted by atomic mass is 35.5. The maximum atomic E-state index is 12.4. The molecule has 2 N–H and O–H groups in total. The fourth-order valence-corrected chi connectivity index (χ4v) is 1.09. The van der Waals surface area contributed by atoms with Crippen LogP contribution in [0.2, 0.25) is 0 Å². The Bertz CT molecular complexity index is 87.7. The number of nitrogens with two attached hydrogens (primary N) is 1. The standard InChI is InChI=1S/C6H11F2N.ClH/c7-6(8)2-1-4-9-5-3-6;/h9H,1-5H2;1H. The lowest BCUT2D eigenvalue weighted by molar-refractivity contribution is -0.653. The summed E-state index contributed by atoms with van der Waals surface area (Å²) in [5.41, 5.74) is 0. The van der Waals surface area contributed by atoms with Gasteiger partial charge in [-0.1, -0.05) is 0 Å². The van der Waals surface area contributed by atoms with E-state index in [0.717, 1.165) is 6.54 Å². The molecule has 0 unspecified atom stereocenters. The molecule has 1 aliphatic rings. The minimum Gasteiger partial charge on any atom is -1.00 e. The molecule has 0 atom stereocenters. The molecule has 1 saturated heterocycles. The molecule has 0 aromatic heterocycles. The smallest absolute Gasteiger partial charge is 0.253 e. The average molecular weight is 172 g/mol. The van der Waals surface area contributed by atoms with Gasteiger partial charge in [0.2, 0.25) is 0 Å². The average Bonchev–Trinajstić information content (AvgIpc) is 1.92. The summed E-state index contributed by atoms with van der Waals surface area (Å²) in [5, 5.41) is 1.96. The van der Waals surface area contributed by atoms with Crippen molar-refractivity contribution in [3.8, 4) is 0 Å². The molecule has 0 saturated carbocycles. The summed E-state index contributed by atoms with van der Waals surface area (Å²) in [7, 11) is 0. The fourth-order valence-electron chi connectivity index (χ4n) is 1.09. The number of rotatable bonds is 0. The van der Waals surface area contributed by atoms with Crippen LogP contribution in [0.3, 0.4) is 0 Å². The zero-order valence-electron chi connectivity index (χ0n) is 5.75. The largest absolute Gasteiger partial charge is 1.00 e. The van der Waals surface area contributed by atoms with E-state index >= 15 is 0 Å². The van der Waals surface area contributed by atoms with Crippen molar-refractivity contribution in [2.45, 2.75) is 25.2 Å². The van der Waals surface area contributed by atoms with Gasteiger partial charge in [0.1, 0.15) is 0 Å². The Morgan fingerprint density at radius 3 is 2.50 bits per heavy atom. The Hall–Kier alpha value is 0.110. The molecule has 10 heavy (non-hydrogen) atoms. The van der Waals surface area contributed by atoms with E-state index in [9.17, 15) is 8.78 Å². The highest BCUT2D eigenvalue weighted by Gasteiger charge is 2.30. The molecule has 0 aliphatic carbocycles. The number of alkyl halides is 2. The molecule has 1 rings (SSSR count). The molecule has 0 aromatic rings. The first kappa shape index (κ1) is 10.1. The van der Waals surface area contributed by atoms with E-state index in [2.05, 4.69) is 0 Å². The van der Waals surface area contributed by atoms with Crippen molar-refractivity contribution >= 4 is 0 Å². The van der Waals surface area contributed by atoms with Crippen LogP contribution in [0.5, 0.6) is 0 Å². The Morgan fingerprint density at radius 2 is 1.80 bits per heavy atom. The fraction of sp³-hybridized carbons (Fsp3) is 1.00. The second-order valence-electron chi connectivity index (χ2n) is 2.58. The third-order valence-electron chi connectivity index (χ3n) is 1.67. The zero-order valence-corrected chi connectivity index (χ0v) is 6.50. The van der Waals surface area contributed by atoms with E-state index in [1.807, 2.05) is 5.32 Å². The quantitative estimate of drug-likeness (QED) is 0.411. The number of hydrogen-bond acceptors (Lipinski definition) is 0. The summed E-state index contributed by atoms with van der Waals surface area (Å²) in [4.78, 5) is 0. The van der Waals surface area contributed by atoms with Crippen molar-refractivity contribution < 1.29 is 26.5 Å². The maximum absolute atomic E-state index is 12.4. The molecule has 1 heterocycles. The predicted octanol–water partition coefficient (Wildman–Crippen LogP) is -2.63. The molecule has 0 bridgehead atoms. The molecular weight excluding hydrogens is 160 g/mol. The van der Waals surface area contributed by atoms with Gasteiger partial charge in [0.15, 0.2) is 0 Å². The van der Waals surface area contributed by atoms with Crippen molar-refractivity contribution in [2.75, 3.05) is 13.1 Å². The monoisotopic (exact) mass is 171 g/mol. The van der Waals surface area contributed by atoms with Gasteiger partial charge in [0, 0.05) is 12.8 Å². The van der Waals surface area contributed by atoms with Gasteiger partial charge >= 0.3 is 0 Å². The first-order valence-corrected chi connectivity index (χ1v) is 3.40. The molecule has 4 heteroatoms. The van der Waals surface area contributed by atoms with Crippen molar-refractivity contribution in [1.82, 2.24) is 0 Å². The molecule has 1 fully saturated rings. The summed E-state index contributed by atoms with van der Waals surface area (Å²) >= 11 is 0. The second-order valence-corrected chi connectivity index (χ2v) is 2.58. The maximum Gasteiger partial charge on any atom is 0.253 e. The summed E-state index contributed by atoms with van der Waals surface area (Å²) < 4.78 is 24.9. The Balaban J connectivity index is 0.000000810. The van der Waals surface area contributed by atoms with Crippen molar-refractivity contribution in [2.24, 2.45) is 0 Å². The van der Waals surface area contributed by atoms with Gasteiger partial charge in [0.05, 0.1) is 19.5 Å². The van der Waals surface area contributed by atoms with Crippen LogP contribution in [0.15, 0.2) is 0 Å². The van der Waals surface area contributed by atoms with Gasteiger partial charge in [-0.05, 0) is 0 Å². The van der Waals surface area contributed by atoms with E-state index < -0.39 is 5.92 Å². The van der Waals surface area contributed by atoms with Crippen LogP contribution < -0.4 is 17.7 Å². The molecule has 0 spiro atoms. The highest BCUT2D eigenvalue weighted by Crippen LogP contribution is 2.23. The van der Waals surface area contributed by atoms with Crippen LogP contribution in [0.1, 0.15) is 19.3 Å². The molecule has 62 valence electrons. The van der Waals surface area contributed by atoms with Crippen LogP contribution in [0.25, 0.3) is 0 Å². The SMILES string of the molecule is FC1(F)CCC[NH2+]CC1.[Cl-]. The van der Waals surface area contributed by atoms with Gasteiger partial charge in [0.25, 0.3) is 5.92 Å². The highest BCUT2D eigenvalue weighted by molar-refractivity contribution is 4.66. The van der Waals surface area contributed by atoms with Gasteiger partial charge in [-0.15, -0.1) is 0 Å². The molecule has 0 amide bonds. The molecule has 1 nitrogen and oxygen atoms in total. The summed E-state index contributed by atoms with van der Waals surface area (Å²) in [5.74, 6) is -2.37. The number of halogens is 3. The lowest BCUT2D eigenvalue weighted by Crippen LogP contribution is -3.00. The lowest BCUT2D eigenvalue weighted by Gasteiger charge is -2.09. The molecule has 1 aliphatic heterocycles. The zero-order chi connectivity index (χ0) is 6.74. The Labute approximate surface area is 65.6 Å². The summed E-state index contributed by atoms with van der Waals surface area (Å²) in [6.07, 6.45) is 0.809. The minimum atomic E-state index is -2.37. The molecular formula is C6H12ClF2N. The first-order chi connectivity index (χ1) is 4.21. The van der Waals surface area contributed by atoms with E-state index in [1.54, 1.807) is 0 Å². The summed E-state index contributed by atoms with van der Waals surface area (Å²) in [6, 6.07) is 0. The Morgan fingerprint density at radius 1 is 1.10 bits per heavy atom. The van der Waals surface area contributed by atoms with E-state index in [1.165, 1.54) is 0 Å². The topological polar surface area (TPSA) is 16.6 Å². The second kappa shape index (κ2) is 4.09. The van der Waals surface area contributed by atoms with Gasteiger partial charge in [-0.3, -0.25) is 0 Å². The number of hydrogen-bond donors (Lipinski definition) is 1. The van der Waals surface area contributed by atoms with Crippen LogP contribution in [0, 0.1) is 0 Å². The normalized spacial score (nSPS) is 24.6. The van der Waals surface area contributed by atoms with Crippen LogP contribution >= 0.6 is 0 Å². The van der Waals surface area contributed by atoms with Gasteiger partial charge < -0.3 is 17.7 Å². The predicted molar refractivity (Wildman–Crippen MR) is 30.5 cm³/mol. The van der Waals surface area contributed by atoms with Crippen LogP contribution in [0.4, 0.5) is 8.78 Å². The van der Waals surface area contributed by atoms with Crippen LogP contribution in [-0.2, 0) is 0 Å². The van der Waals surface area contributed by atoms with Crippen molar-refractivity contribution in [3.63, 3.8) is 0 Å². The third kappa shape index (κ3) is 3.32. The molecule has 0 aromatic carbocycles. The van der Waals surface area contributed by atoms with E-state index in [4.69, 9.17) is 0 Å². The van der Waals surface area contributed by atoms with E-state index in [-0.39, 0.29) is 25.2 Å². The van der Waals surface area contributed by atoms with Crippen molar-refractivity contribution in [3.05, 3.63) is 0 Å². The minimum absolute atomic E-state index is 0. The first-order valence-electron chi connectivity index (χ1n) is 3.40. The van der Waals surface area contributed by atoms with E-state index in [0.29, 0.717) is 13.0 Å². The number of quaternary nitrogens is 1. The van der Waals surface area contributed by atoms with Gasteiger partial charge in [-0.25, -0.2) is 8.78 Å². The molecule has 0 radical (unpaired) electrons. The lowest BCUT2D eigenvalue weighted by atomic mass is 10.1. The third-order valence-corrected chi connectivity index (χ3v) is 1.67. The summed E-state index contributed by atoms with van der Waals surface area (Å²) in [6.45, 7) is 1.46. The van der Waals surface area contributed by atoms with Crippen molar-refractivity contribution in [1.29, 1.82) is 0 Å².